The molecule has 1 rings (SSSR count). The Morgan fingerprint density at radius 3 is 3.00 bits per heavy atom. The fourth-order valence-corrected chi connectivity index (χ4v) is 1.20. The number of rotatable bonds is 5. The van der Waals surface area contributed by atoms with Gasteiger partial charge in [-0.05, 0) is 19.4 Å². The number of aliphatic hydroxyl groups excluding tert-OH is 1. The van der Waals surface area contributed by atoms with Gasteiger partial charge in [-0.3, -0.25) is 10.1 Å². The molecule has 0 bridgehead atoms. The Labute approximate surface area is 87.1 Å². The third kappa shape index (κ3) is 2.88. The van der Waals surface area contributed by atoms with Crippen LogP contribution in [0, 0.1) is 17.0 Å². The number of aromatic nitrogens is 1. The number of aryl methyl sites for hydroxylation is 1. The fourth-order valence-electron chi connectivity index (χ4n) is 1.20. The summed E-state index contributed by atoms with van der Waals surface area (Å²) in [6, 6.07) is 1.59. The number of hydrogen-bond donors (Lipinski definition) is 2. The molecule has 0 spiro atoms. The highest BCUT2D eigenvalue weighted by atomic mass is 16.6. The molecule has 2 N–H and O–H groups in total. The van der Waals surface area contributed by atoms with Crippen molar-refractivity contribution in [2.75, 3.05) is 18.5 Å². The molecule has 0 aliphatic heterocycles. The zero-order valence-corrected chi connectivity index (χ0v) is 8.43. The van der Waals surface area contributed by atoms with Gasteiger partial charge in [-0.25, -0.2) is 4.98 Å². The molecule has 0 aliphatic carbocycles. The van der Waals surface area contributed by atoms with Crippen molar-refractivity contribution in [1.29, 1.82) is 0 Å². The molecule has 0 aromatic carbocycles. The molecule has 0 saturated carbocycles. The van der Waals surface area contributed by atoms with E-state index >= 15 is 0 Å². The van der Waals surface area contributed by atoms with Gasteiger partial charge in [-0.2, -0.15) is 0 Å². The molecule has 82 valence electrons. The van der Waals surface area contributed by atoms with E-state index < -0.39 is 4.92 Å². The van der Waals surface area contributed by atoms with Crippen LogP contribution in [0.5, 0.6) is 0 Å². The smallest absolute Gasteiger partial charge is 0.314 e. The number of pyridine rings is 1. The molecule has 0 fully saturated rings. The van der Waals surface area contributed by atoms with E-state index in [-0.39, 0.29) is 18.1 Å². The third-order valence-electron chi connectivity index (χ3n) is 1.94. The second-order valence-corrected chi connectivity index (χ2v) is 3.09. The first-order valence-corrected chi connectivity index (χ1v) is 4.61. The van der Waals surface area contributed by atoms with Crippen LogP contribution < -0.4 is 5.32 Å². The molecule has 0 unspecified atom stereocenters. The Morgan fingerprint density at radius 1 is 1.67 bits per heavy atom. The van der Waals surface area contributed by atoms with E-state index in [1.165, 1.54) is 6.20 Å². The Hall–Kier alpha value is -1.69. The summed E-state index contributed by atoms with van der Waals surface area (Å²) >= 11 is 0. The van der Waals surface area contributed by atoms with Crippen LogP contribution in [0.1, 0.15) is 12.0 Å². The van der Waals surface area contributed by atoms with E-state index in [0.717, 1.165) is 0 Å². The number of nitrogens with zero attached hydrogens (tertiary/aromatic N) is 2. The Kier molecular flexibility index (Phi) is 3.99. The molecule has 0 radical (unpaired) electrons. The summed E-state index contributed by atoms with van der Waals surface area (Å²) in [5, 5.41) is 22.2. The van der Waals surface area contributed by atoms with Crippen molar-refractivity contribution < 1.29 is 10.0 Å². The van der Waals surface area contributed by atoms with Crippen molar-refractivity contribution in [3.8, 4) is 0 Å². The number of aliphatic hydroxyl groups is 1. The summed E-state index contributed by atoms with van der Waals surface area (Å²) < 4.78 is 0. The summed E-state index contributed by atoms with van der Waals surface area (Å²) in [4.78, 5) is 14.2. The molecule has 15 heavy (non-hydrogen) atoms. The lowest BCUT2D eigenvalue weighted by atomic mass is 10.2. The lowest BCUT2D eigenvalue weighted by Gasteiger charge is -2.06. The summed E-state index contributed by atoms with van der Waals surface area (Å²) in [6.45, 7) is 2.18. The molecule has 6 nitrogen and oxygen atoms in total. The Morgan fingerprint density at radius 2 is 2.40 bits per heavy atom. The topological polar surface area (TPSA) is 88.3 Å². The SMILES string of the molecule is Cc1ccnc(NCCCO)c1[N+](=O)[O-]. The van der Waals surface area contributed by atoms with Crippen molar-refractivity contribution >= 4 is 11.5 Å². The summed E-state index contributed by atoms with van der Waals surface area (Å²) in [7, 11) is 0. The highest BCUT2D eigenvalue weighted by Gasteiger charge is 2.17. The maximum Gasteiger partial charge on any atom is 0.314 e. The van der Waals surface area contributed by atoms with Gasteiger partial charge in [0.2, 0.25) is 5.82 Å². The van der Waals surface area contributed by atoms with E-state index in [9.17, 15) is 10.1 Å². The van der Waals surface area contributed by atoms with Gasteiger partial charge >= 0.3 is 5.69 Å². The van der Waals surface area contributed by atoms with Crippen molar-refractivity contribution in [2.24, 2.45) is 0 Å². The molecule has 1 aromatic rings. The van der Waals surface area contributed by atoms with Gasteiger partial charge in [0, 0.05) is 24.9 Å². The molecular weight excluding hydrogens is 198 g/mol. The summed E-state index contributed by atoms with van der Waals surface area (Å²) in [6.07, 6.45) is 2.05. The largest absolute Gasteiger partial charge is 0.396 e. The minimum atomic E-state index is -0.455. The van der Waals surface area contributed by atoms with E-state index in [1.54, 1.807) is 13.0 Å². The zero-order valence-electron chi connectivity index (χ0n) is 8.43. The van der Waals surface area contributed by atoms with Gasteiger partial charge in [0.05, 0.1) is 4.92 Å². The lowest BCUT2D eigenvalue weighted by Crippen LogP contribution is -2.08. The fraction of sp³-hybridized carbons (Fsp3) is 0.444. The second kappa shape index (κ2) is 5.26. The number of nitro groups is 1. The van der Waals surface area contributed by atoms with E-state index in [0.29, 0.717) is 18.5 Å². The maximum absolute atomic E-state index is 10.8. The monoisotopic (exact) mass is 211 g/mol. The first-order valence-electron chi connectivity index (χ1n) is 4.61. The molecule has 6 heteroatoms. The lowest BCUT2D eigenvalue weighted by molar-refractivity contribution is -0.384. The van der Waals surface area contributed by atoms with Crippen LogP contribution in [-0.2, 0) is 0 Å². The molecule has 0 atom stereocenters. The predicted octanol–water partition coefficient (Wildman–Crippen LogP) is 1.09. The average molecular weight is 211 g/mol. The van der Waals surface area contributed by atoms with Crippen molar-refractivity contribution in [1.82, 2.24) is 4.98 Å². The van der Waals surface area contributed by atoms with Crippen molar-refractivity contribution in [3.63, 3.8) is 0 Å². The van der Waals surface area contributed by atoms with Crippen LogP contribution in [-0.4, -0.2) is 28.2 Å². The predicted molar refractivity (Wildman–Crippen MR) is 55.8 cm³/mol. The van der Waals surface area contributed by atoms with Crippen molar-refractivity contribution in [3.05, 3.63) is 27.9 Å². The highest BCUT2D eigenvalue weighted by molar-refractivity contribution is 5.59. The van der Waals surface area contributed by atoms with Crippen LogP contribution >= 0.6 is 0 Å². The zero-order chi connectivity index (χ0) is 11.3. The number of hydrogen-bond acceptors (Lipinski definition) is 5. The number of anilines is 1. The minimum Gasteiger partial charge on any atom is -0.396 e. The average Bonchev–Trinajstić information content (AvgIpc) is 2.17. The van der Waals surface area contributed by atoms with Crippen molar-refractivity contribution in [2.45, 2.75) is 13.3 Å². The van der Waals surface area contributed by atoms with Gasteiger partial charge < -0.3 is 10.4 Å². The first-order chi connectivity index (χ1) is 7.16. The van der Waals surface area contributed by atoms with E-state index in [1.807, 2.05) is 0 Å². The van der Waals surface area contributed by atoms with Crippen LogP contribution in [0.3, 0.4) is 0 Å². The summed E-state index contributed by atoms with van der Waals surface area (Å²) in [5.74, 6) is 0.258. The van der Waals surface area contributed by atoms with Crippen LogP contribution in [0.25, 0.3) is 0 Å². The molecule has 1 aromatic heterocycles. The van der Waals surface area contributed by atoms with Gasteiger partial charge in [-0.15, -0.1) is 0 Å². The van der Waals surface area contributed by atoms with E-state index in [4.69, 9.17) is 5.11 Å². The normalized spacial score (nSPS) is 10.0. The quantitative estimate of drug-likeness (QED) is 0.432. The van der Waals surface area contributed by atoms with Gasteiger partial charge in [0.15, 0.2) is 0 Å². The number of nitrogens with one attached hydrogen (secondary N) is 1. The standard InChI is InChI=1S/C9H13N3O3/c1-7-3-5-11-9(8(7)12(14)15)10-4-2-6-13/h3,5,13H,2,4,6H2,1H3,(H,10,11). The Bertz CT molecular complexity index is 354. The van der Waals surface area contributed by atoms with Gasteiger partial charge in [-0.1, -0.05) is 0 Å². The molecular formula is C9H13N3O3. The first kappa shape index (κ1) is 11.4. The molecule has 1 heterocycles. The van der Waals surface area contributed by atoms with Crippen LogP contribution in [0.15, 0.2) is 12.3 Å². The molecule has 0 saturated heterocycles. The molecule has 0 amide bonds. The van der Waals surface area contributed by atoms with Crippen LogP contribution in [0.4, 0.5) is 11.5 Å². The second-order valence-electron chi connectivity index (χ2n) is 3.09. The maximum atomic E-state index is 10.8. The minimum absolute atomic E-state index is 0.00422. The highest BCUT2D eigenvalue weighted by Crippen LogP contribution is 2.25. The van der Waals surface area contributed by atoms with E-state index in [2.05, 4.69) is 10.3 Å². The molecule has 0 aliphatic rings. The Balaban J connectivity index is 2.86. The van der Waals surface area contributed by atoms with Crippen LogP contribution in [0.2, 0.25) is 0 Å². The summed E-state index contributed by atoms with van der Waals surface area (Å²) in [5.41, 5.74) is 0.567. The third-order valence-corrected chi connectivity index (χ3v) is 1.94. The van der Waals surface area contributed by atoms with Gasteiger partial charge in [0.25, 0.3) is 0 Å². The van der Waals surface area contributed by atoms with Gasteiger partial charge in [0.1, 0.15) is 0 Å².